The van der Waals surface area contributed by atoms with Gasteiger partial charge in [0.15, 0.2) is 0 Å². The van der Waals surface area contributed by atoms with Gasteiger partial charge in [-0.1, -0.05) is 32.0 Å². The Morgan fingerprint density at radius 1 is 1.07 bits per heavy atom. The van der Waals surface area contributed by atoms with Gasteiger partial charge in [-0.05, 0) is 53.7 Å². The molecule has 1 saturated carbocycles. The summed E-state index contributed by atoms with van der Waals surface area (Å²) in [6, 6.07) is 6.86. The minimum atomic E-state index is 0.866. The van der Waals surface area contributed by atoms with Crippen molar-refractivity contribution < 1.29 is 0 Å². The highest BCUT2D eigenvalue weighted by Crippen LogP contribution is 2.59. The Morgan fingerprint density at radius 3 is 2.57 bits per heavy atom. The van der Waals surface area contributed by atoms with Crippen molar-refractivity contribution in [1.82, 2.24) is 0 Å². The fourth-order valence-corrected chi connectivity index (χ4v) is 3.76. The first-order chi connectivity index (χ1) is 6.70. The van der Waals surface area contributed by atoms with E-state index in [1.807, 2.05) is 0 Å². The largest absolute Gasteiger partial charge is 0.0617 e. The van der Waals surface area contributed by atoms with Crippen LogP contribution in [0.25, 0.3) is 0 Å². The van der Waals surface area contributed by atoms with E-state index < -0.39 is 0 Å². The molecule has 0 spiro atoms. The zero-order valence-corrected chi connectivity index (χ0v) is 9.25. The Kier molecular flexibility index (Phi) is 1.60. The monoisotopic (exact) mass is 186 g/mol. The van der Waals surface area contributed by atoms with Gasteiger partial charge < -0.3 is 0 Å². The summed E-state index contributed by atoms with van der Waals surface area (Å²) in [5, 5.41) is 0. The molecular formula is C14H18. The summed E-state index contributed by atoms with van der Waals surface area (Å²) in [6.07, 6.45) is 1.42. The zero-order chi connectivity index (χ0) is 9.87. The molecular weight excluding hydrogens is 168 g/mol. The molecule has 74 valence electrons. The van der Waals surface area contributed by atoms with Crippen molar-refractivity contribution in [2.24, 2.45) is 11.8 Å². The van der Waals surface area contributed by atoms with Crippen LogP contribution >= 0.6 is 0 Å². The zero-order valence-electron chi connectivity index (χ0n) is 9.25. The molecule has 0 radical (unpaired) electrons. The molecule has 2 aliphatic rings. The lowest BCUT2D eigenvalue weighted by Crippen LogP contribution is -2.17. The highest BCUT2D eigenvalue weighted by atomic mass is 14.5. The second-order valence-corrected chi connectivity index (χ2v) is 5.24. The first-order valence-electron chi connectivity index (χ1n) is 5.79. The molecule has 1 fully saturated rings. The lowest BCUT2D eigenvalue weighted by molar-refractivity contribution is 0.380. The average Bonchev–Trinajstić information content (AvgIpc) is 2.67. The van der Waals surface area contributed by atoms with Gasteiger partial charge in [0.05, 0.1) is 0 Å². The Labute approximate surface area is 86.3 Å². The molecule has 0 heterocycles. The minimum absolute atomic E-state index is 0.866. The summed E-state index contributed by atoms with van der Waals surface area (Å²) in [4.78, 5) is 0. The normalized spacial score (nSPS) is 38.8. The van der Waals surface area contributed by atoms with Crippen LogP contribution in [0.4, 0.5) is 0 Å². The lowest BCUT2D eigenvalue weighted by Gasteiger charge is -2.28. The predicted octanol–water partition coefficient (Wildman–Crippen LogP) is 3.85. The van der Waals surface area contributed by atoms with Gasteiger partial charge in [-0.15, -0.1) is 0 Å². The number of aryl methyl sites for hydroxylation is 1. The van der Waals surface area contributed by atoms with Crippen LogP contribution < -0.4 is 0 Å². The van der Waals surface area contributed by atoms with E-state index in [1.54, 1.807) is 11.1 Å². The number of fused-ring (bicyclic) bond motifs is 5. The van der Waals surface area contributed by atoms with E-state index in [2.05, 4.69) is 39.0 Å². The summed E-state index contributed by atoms with van der Waals surface area (Å²) in [7, 11) is 0. The van der Waals surface area contributed by atoms with Crippen LogP contribution in [0.5, 0.6) is 0 Å². The summed E-state index contributed by atoms with van der Waals surface area (Å²) < 4.78 is 0. The van der Waals surface area contributed by atoms with Crippen molar-refractivity contribution in [3.05, 3.63) is 34.9 Å². The summed E-state index contributed by atoms with van der Waals surface area (Å²) in [6.45, 7) is 7.14. The highest BCUT2D eigenvalue weighted by molar-refractivity contribution is 5.47. The van der Waals surface area contributed by atoms with E-state index in [9.17, 15) is 0 Å². The van der Waals surface area contributed by atoms with Crippen LogP contribution in [-0.2, 0) is 0 Å². The third-order valence-corrected chi connectivity index (χ3v) is 4.73. The first-order valence-corrected chi connectivity index (χ1v) is 5.79. The third-order valence-electron chi connectivity index (χ3n) is 4.73. The molecule has 0 N–H and O–H groups in total. The Morgan fingerprint density at radius 2 is 1.79 bits per heavy atom. The minimum Gasteiger partial charge on any atom is -0.0617 e. The Balaban J connectivity index is 2.20. The van der Waals surface area contributed by atoms with Gasteiger partial charge in [0, 0.05) is 0 Å². The Hall–Kier alpha value is -0.780. The van der Waals surface area contributed by atoms with Crippen LogP contribution in [0, 0.1) is 18.8 Å². The predicted molar refractivity (Wildman–Crippen MR) is 59.6 cm³/mol. The van der Waals surface area contributed by atoms with Crippen molar-refractivity contribution in [1.29, 1.82) is 0 Å². The number of hydrogen-bond donors (Lipinski definition) is 0. The SMILES string of the molecule is Cc1cccc2c1[C@@H]1C[C@H]2C(C)C1C. The van der Waals surface area contributed by atoms with Crippen LogP contribution in [0.15, 0.2) is 18.2 Å². The van der Waals surface area contributed by atoms with Crippen molar-refractivity contribution in [2.45, 2.75) is 39.0 Å². The third kappa shape index (κ3) is 0.846. The van der Waals surface area contributed by atoms with Crippen LogP contribution in [0.3, 0.4) is 0 Å². The van der Waals surface area contributed by atoms with Gasteiger partial charge in [0.1, 0.15) is 0 Å². The molecule has 0 saturated heterocycles. The van der Waals surface area contributed by atoms with E-state index in [0.717, 1.165) is 23.7 Å². The van der Waals surface area contributed by atoms with Crippen molar-refractivity contribution >= 4 is 0 Å². The molecule has 1 aromatic carbocycles. The van der Waals surface area contributed by atoms with Crippen molar-refractivity contribution in [3.63, 3.8) is 0 Å². The molecule has 0 aliphatic heterocycles. The molecule has 0 aromatic heterocycles. The highest BCUT2D eigenvalue weighted by Gasteiger charge is 2.46. The number of benzene rings is 1. The van der Waals surface area contributed by atoms with Gasteiger partial charge in [-0.25, -0.2) is 0 Å². The van der Waals surface area contributed by atoms with Gasteiger partial charge in [-0.2, -0.15) is 0 Å². The van der Waals surface area contributed by atoms with E-state index in [1.165, 1.54) is 12.0 Å². The number of rotatable bonds is 0. The fourth-order valence-electron chi connectivity index (χ4n) is 3.76. The van der Waals surface area contributed by atoms with E-state index >= 15 is 0 Å². The molecule has 0 amide bonds. The van der Waals surface area contributed by atoms with Crippen molar-refractivity contribution in [3.8, 4) is 0 Å². The smallest absolute Gasteiger partial charge is 0.0122 e. The maximum Gasteiger partial charge on any atom is -0.0122 e. The molecule has 2 bridgehead atoms. The quantitative estimate of drug-likeness (QED) is 0.577. The maximum absolute atomic E-state index is 2.44. The summed E-state index contributed by atoms with van der Waals surface area (Å²) >= 11 is 0. The standard InChI is InChI=1S/C14H18/c1-8-5-4-6-11-12-7-13(14(8)11)10(3)9(12)2/h4-6,9-10,12-13H,7H2,1-3H3/t9?,10?,12-,13+/m0/s1. The molecule has 2 unspecified atom stereocenters. The Bertz CT molecular complexity index is 378. The summed E-state index contributed by atoms with van der Waals surface area (Å²) in [5.74, 6) is 3.53. The van der Waals surface area contributed by atoms with Gasteiger partial charge in [-0.3, -0.25) is 0 Å². The second-order valence-electron chi connectivity index (χ2n) is 5.24. The molecule has 0 nitrogen and oxygen atoms in total. The van der Waals surface area contributed by atoms with Crippen LogP contribution in [0.2, 0.25) is 0 Å². The lowest BCUT2D eigenvalue weighted by atomic mass is 9.76. The number of hydrogen-bond acceptors (Lipinski definition) is 0. The van der Waals surface area contributed by atoms with Crippen molar-refractivity contribution in [2.75, 3.05) is 0 Å². The molecule has 3 rings (SSSR count). The van der Waals surface area contributed by atoms with E-state index in [4.69, 9.17) is 0 Å². The summed E-state index contributed by atoms with van der Waals surface area (Å²) in [5.41, 5.74) is 4.89. The van der Waals surface area contributed by atoms with Gasteiger partial charge in [0.2, 0.25) is 0 Å². The van der Waals surface area contributed by atoms with Gasteiger partial charge in [0.25, 0.3) is 0 Å². The van der Waals surface area contributed by atoms with E-state index in [-0.39, 0.29) is 0 Å². The molecule has 4 atom stereocenters. The van der Waals surface area contributed by atoms with E-state index in [0.29, 0.717) is 0 Å². The van der Waals surface area contributed by atoms with Crippen LogP contribution in [-0.4, -0.2) is 0 Å². The average molecular weight is 186 g/mol. The topological polar surface area (TPSA) is 0 Å². The van der Waals surface area contributed by atoms with Gasteiger partial charge >= 0.3 is 0 Å². The molecule has 0 heteroatoms. The maximum atomic E-state index is 2.44. The molecule has 1 aromatic rings. The molecule has 2 aliphatic carbocycles. The second kappa shape index (κ2) is 2.62. The molecule has 14 heavy (non-hydrogen) atoms. The van der Waals surface area contributed by atoms with Crippen LogP contribution in [0.1, 0.15) is 48.8 Å². The first kappa shape index (κ1) is 8.52. The fraction of sp³-hybridized carbons (Fsp3) is 0.571.